The number of sulfonamides is 1. The summed E-state index contributed by atoms with van der Waals surface area (Å²) < 4.78 is 27.6. The van der Waals surface area contributed by atoms with Gasteiger partial charge in [0.2, 0.25) is 5.96 Å². The van der Waals surface area contributed by atoms with E-state index in [0.717, 1.165) is 0 Å². The summed E-state index contributed by atoms with van der Waals surface area (Å²) in [6, 6.07) is 12.3. The first-order valence-corrected chi connectivity index (χ1v) is 7.39. The zero-order valence-corrected chi connectivity index (χ0v) is 11.8. The lowest BCUT2D eigenvalue weighted by Crippen LogP contribution is -2.24. The minimum Gasteiger partial charge on any atom is -0.399 e. The van der Waals surface area contributed by atoms with Gasteiger partial charge in [-0.25, -0.2) is 0 Å². The Balaban J connectivity index is 2.20. The van der Waals surface area contributed by atoms with E-state index in [0.29, 0.717) is 17.1 Å². The van der Waals surface area contributed by atoms with Crippen molar-refractivity contribution in [1.29, 1.82) is 0 Å². The third-order valence-electron chi connectivity index (χ3n) is 2.58. The van der Waals surface area contributed by atoms with E-state index in [4.69, 9.17) is 17.2 Å². The summed E-state index contributed by atoms with van der Waals surface area (Å²) in [5.41, 5.74) is 18.3. The van der Waals surface area contributed by atoms with Crippen LogP contribution in [0.2, 0.25) is 0 Å². The SMILES string of the molecule is N/C(=N\S(=O)(=O)c1ccc(N)cc1)Nc1ccc(N)cc1. The predicted molar refractivity (Wildman–Crippen MR) is 84.1 cm³/mol. The van der Waals surface area contributed by atoms with E-state index < -0.39 is 10.0 Å². The molecule has 2 aromatic rings. The van der Waals surface area contributed by atoms with Crippen molar-refractivity contribution in [3.63, 3.8) is 0 Å². The summed E-state index contributed by atoms with van der Waals surface area (Å²) in [5.74, 6) is -0.239. The minimum atomic E-state index is -3.88. The van der Waals surface area contributed by atoms with Crippen LogP contribution in [-0.2, 0) is 10.0 Å². The van der Waals surface area contributed by atoms with Crippen molar-refractivity contribution >= 4 is 33.0 Å². The highest BCUT2D eigenvalue weighted by molar-refractivity contribution is 7.90. The molecule has 0 aliphatic heterocycles. The lowest BCUT2D eigenvalue weighted by molar-refractivity contribution is 0.598. The average Bonchev–Trinajstić information content (AvgIpc) is 2.41. The molecule has 0 aliphatic carbocycles. The van der Waals surface area contributed by atoms with Gasteiger partial charge in [0.05, 0.1) is 4.90 Å². The maximum atomic E-state index is 12.0. The van der Waals surface area contributed by atoms with Crippen molar-refractivity contribution in [3.8, 4) is 0 Å². The van der Waals surface area contributed by atoms with E-state index in [1.165, 1.54) is 24.3 Å². The minimum absolute atomic E-state index is 0.0127. The topological polar surface area (TPSA) is 137 Å². The molecule has 0 saturated carbocycles. The second-order valence-corrected chi connectivity index (χ2v) is 5.87. The van der Waals surface area contributed by atoms with E-state index in [9.17, 15) is 8.42 Å². The van der Waals surface area contributed by atoms with Gasteiger partial charge in [-0.1, -0.05) is 0 Å². The second-order valence-electron chi connectivity index (χ2n) is 4.27. The van der Waals surface area contributed by atoms with Crippen molar-refractivity contribution < 1.29 is 8.42 Å². The highest BCUT2D eigenvalue weighted by Crippen LogP contribution is 2.15. The van der Waals surface area contributed by atoms with Crippen molar-refractivity contribution in [1.82, 2.24) is 0 Å². The molecule has 0 spiro atoms. The molecule has 8 heteroatoms. The van der Waals surface area contributed by atoms with Crippen LogP contribution in [-0.4, -0.2) is 14.4 Å². The number of hydrogen-bond donors (Lipinski definition) is 4. The first-order valence-electron chi connectivity index (χ1n) is 5.95. The molecule has 0 saturated heterocycles. The molecule has 0 heterocycles. The molecule has 0 bridgehead atoms. The maximum absolute atomic E-state index is 12.0. The summed E-state index contributed by atoms with van der Waals surface area (Å²) in [6.45, 7) is 0. The molecule has 110 valence electrons. The van der Waals surface area contributed by atoms with Crippen LogP contribution < -0.4 is 22.5 Å². The van der Waals surface area contributed by atoms with Gasteiger partial charge in [-0.3, -0.25) is 0 Å². The summed E-state index contributed by atoms with van der Waals surface area (Å²) in [7, 11) is -3.88. The molecule has 0 radical (unpaired) electrons. The summed E-state index contributed by atoms with van der Waals surface area (Å²) in [4.78, 5) is 0.0127. The third kappa shape index (κ3) is 3.86. The Bertz CT molecular complexity index is 752. The van der Waals surface area contributed by atoms with Gasteiger partial charge in [-0.05, 0) is 48.5 Å². The standard InChI is InChI=1S/C13H15N5O2S/c14-9-1-5-11(6-2-9)17-13(16)18-21(19,20)12-7-3-10(15)4-8-12/h1-8H,14-15H2,(H3,16,17,18). The van der Waals surface area contributed by atoms with E-state index in [2.05, 4.69) is 9.71 Å². The first-order chi connectivity index (χ1) is 9.87. The second kappa shape index (κ2) is 5.71. The lowest BCUT2D eigenvalue weighted by atomic mass is 10.3. The van der Waals surface area contributed by atoms with Crippen LogP contribution in [0.3, 0.4) is 0 Å². The Morgan fingerprint density at radius 2 is 1.38 bits per heavy atom. The molecule has 7 nitrogen and oxygen atoms in total. The monoisotopic (exact) mass is 305 g/mol. The number of guanidine groups is 1. The highest BCUT2D eigenvalue weighted by atomic mass is 32.2. The molecular formula is C13H15N5O2S. The van der Waals surface area contributed by atoms with Gasteiger partial charge in [0.15, 0.2) is 0 Å². The third-order valence-corrected chi connectivity index (χ3v) is 3.88. The number of nitrogens with zero attached hydrogens (tertiary/aromatic N) is 1. The van der Waals surface area contributed by atoms with Crippen molar-refractivity contribution in [2.24, 2.45) is 10.1 Å². The Hall–Kier alpha value is -2.74. The molecule has 21 heavy (non-hydrogen) atoms. The van der Waals surface area contributed by atoms with Gasteiger partial charge in [-0.15, -0.1) is 4.40 Å². The molecule has 0 unspecified atom stereocenters. The average molecular weight is 305 g/mol. The predicted octanol–water partition coefficient (Wildman–Crippen LogP) is 0.966. The van der Waals surface area contributed by atoms with Gasteiger partial charge < -0.3 is 22.5 Å². The number of benzene rings is 2. The Morgan fingerprint density at radius 1 is 0.905 bits per heavy atom. The molecule has 2 aromatic carbocycles. The van der Waals surface area contributed by atoms with Crippen LogP contribution in [0, 0.1) is 0 Å². The van der Waals surface area contributed by atoms with Crippen LogP contribution in [0.4, 0.5) is 17.1 Å². The van der Waals surface area contributed by atoms with Gasteiger partial charge in [0, 0.05) is 17.1 Å². The molecular weight excluding hydrogens is 290 g/mol. The number of anilines is 3. The summed E-state index contributed by atoms with van der Waals surface area (Å²) in [6.07, 6.45) is 0. The largest absolute Gasteiger partial charge is 0.399 e. The quantitative estimate of drug-likeness (QED) is 0.379. The smallest absolute Gasteiger partial charge is 0.285 e. The summed E-state index contributed by atoms with van der Waals surface area (Å²) in [5, 5.41) is 2.67. The Kier molecular flexibility index (Phi) is 3.99. The normalized spacial score (nSPS) is 12.1. The van der Waals surface area contributed by atoms with Crippen LogP contribution in [0.25, 0.3) is 0 Å². The van der Waals surface area contributed by atoms with E-state index in [-0.39, 0.29) is 10.9 Å². The number of rotatable bonds is 3. The first kappa shape index (κ1) is 14.7. The number of nitrogen functional groups attached to an aromatic ring is 2. The molecule has 7 N–H and O–H groups in total. The van der Waals surface area contributed by atoms with Crippen molar-refractivity contribution in [3.05, 3.63) is 48.5 Å². The van der Waals surface area contributed by atoms with Gasteiger partial charge >= 0.3 is 0 Å². The zero-order chi connectivity index (χ0) is 15.5. The Morgan fingerprint density at radius 3 is 1.90 bits per heavy atom. The molecule has 0 amide bonds. The van der Waals surface area contributed by atoms with Crippen molar-refractivity contribution in [2.75, 3.05) is 16.8 Å². The highest BCUT2D eigenvalue weighted by Gasteiger charge is 2.13. The Labute approximate surface area is 122 Å². The van der Waals surface area contributed by atoms with E-state index >= 15 is 0 Å². The van der Waals surface area contributed by atoms with Crippen LogP contribution in [0.1, 0.15) is 0 Å². The zero-order valence-electron chi connectivity index (χ0n) is 11.0. The van der Waals surface area contributed by atoms with Gasteiger partial charge in [0.25, 0.3) is 10.0 Å². The molecule has 0 aliphatic rings. The van der Waals surface area contributed by atoms with Crippen LogP contribution in [0.5, 0.6) is 0 Å². The van der Waals surface area contributed by atoms with Crippen molar-refractivity contribution in [2.45, 2.75) is 4.90 Å². The fraction of sp³-hybridized carbons (Fsp3) is 0. The molecule has 0 atom stereocenters. The van der Waals surface area contributed by atoms with Gasteiger partial charge in [-0.2, -0.15) is 8.42 Å². The molecule has 0 aromatic heterocycles. The fourth-order valence-electron chi connectivity index (χ4n) is 1.56. The maximum Gasteiger partial charge on any atom is 0.285 e. The van der Waals surface area contributed by atoms with E-state index in [1.807, 2.05) is 0 Å². The van der Waals surface area contributed by atoms with E-state index in [1.54, 1.807) is 24.3 Å². The fourth-order valence-corrected chi connectivity index (χ4v) is 2.45. The number of hydrogen-bond acceptors (Lipinski definition) is 4. The lowest BCUT2D eigenvalue weighted by Gasteiger charge is -2.06. The molecule has 2 rings (SSSR count). The molecule has 0 fully saturated rings. The van der Waals surface area contributed by atoms with Crippen LogP contribution in [0.15, 0.2) is 57.8 Å². The number of nitrogens with two attached hydrogens (primary N) is 3. The number of nitrogens with one attached hydrogen (secondary N) is 1. The summed E-state index contributed by atoms with van der Waals surface area (Å²) >= 11 is 0. The van der Waals surface area contributed by atoms with Crippen LogP contribution >= 0.6 is 0 Å². The van der Waals surface area contributed by atoms with Gasteiger partial charge in [0.1, 0.15) is 0 Å².